The summed E-state index contributed by atoms with van der Waals surface area (Å²) in [5.74, 6) is -15.2. The van der Waals surface area contributed by atoms with Crippen molar-refractivity contribution in [3.05, 3.63) is 138 Å². The molecule has 0 aliphatic carbocycles. The van der Waals surface area contributed by atoms with Gasteiger partial charge in [-0.3, -0.25) is 82.7 Å². The Morgan fingerprint density at radius 1 is 0.322 bits per heavy atom. The number of hydrogen-bond acceptors (Lipinski definition) is 23. The zero-order valence-corrected chi connectivity index (χ0v) is 65.3. The number of phenolic OH excluding ortho intramolecular Hbond substituents is 1. The van der Waals surface area contributed by atoms with E-state index < -0.39 is 200 Å². The van der Waals surface area contributed by atoms with Gasteiger partial charge >= 0.3 is 0 Å². The number of benzene rings is 4. The molecule has 0 aromatic heterocycles. The summed E-state index contributed by atoms with van der Waals surface area (Å²) in [5, 5.41) is 83.5. The topological polar surface area (TPSA) is 727 Å². The highest BCUT2D eigenvalue weighted by Gasteiger charge is 2.36. The monoisotopic (exact) mass is 1650 g/mol. The van der Waals surface area contributed by atoms with Gasteiger partial charge in [0.25, 0.3) is 0 Å². The van der Waals surface area contributed by atoms with Gasteiger partial charge in [-0.25, -0.2) is 0 Å². The van der Waals surface area contributed by atoms with Crippen LogP contribution in [0, 0.1) is 10.8 Å². The van der Waals surface area contributed by atoms with Crippen molar-refractivity contribution in [1.29, 1.82) is 10.8 Å². The van der Waals surface area contributed by atoms with E-state index in [2.05, 4.69) is 79.8 Å². The molecule has 0 saturated carbocycles. The number of hydrogen-bond donors (Lipinski definition) is 27. The summed E-state index contributed by atoms with van der Waals surface area (Å²) in [6.45, 7) is -4.03. The van der Waals surface area contributed by atoms with Gasteiger partial charge in [-0.1, -0.05) is 103 Å². The molecule has 0 unspecified atom stereocenters. The minimum absolute atomic E-state index is 0.00817. The highest BCUT2D eigenvalue weighted by Crippen LogP contribution is 2.15. The Bertz CT molecular complexity index is 3990. The molecule has 0 radical (unpaired) electrons. The highest BCUT2D eigenvalue weighted by molar-refractivity contribution is 6.00. The quantitative estimate of drug-likeness (QED) is 0.0111. The van der Waals surface area contributed by atoms with Crippen LogP contribution in [-0.2, 0) is 97.6 Å². The summed E-state index contributed by atoms with van der Waals surface area (Å²) >= 11 is 0. The number of aromatic hydroxyl groups is 1. The van der Waals surface area contributed by atoms with Crippen LogP contribution in [0.1, 0.15) is 92.9 Å². The van der Waals surface area contributed by atoms with Gasteiger partial charge in [0.15, 0.2) is 11.9 Å². The fraction of sp³-hybridized carbons (Fsp3) is 0.461. The summed E-state index contributed by atoms with van der Waals surface area (Å²) in [6, 6.07) is 14.2. The van der Waals surface area contributed by atoms with E-state index in [4.69, 9.17) is 51.0 Å². The molecule has 0 heterocycles. The number of rotatable bonds is 55. The van der Waals surface area contributed by atoms with Gasteiger partial charge in [-0.2, -0.15) is 0 Å². The van der Waals surface area contributed by atoms with Gasteiger partial charge in [0.05, 0.1) is 45.3 Å². The molecule has 11 atom stereocenters. The summed E-state index contributed by atoms with van der Waals surface area (Å²) in [4.78, 5) is 204. The van der Waals surface area contributed by atoms with Crippen molar-refractivity contribution in [1.82, 2.24) is 79.8 Å². The molecule has 4 aromatic rings. The Balaban J connectivity index is 1.49. The number of phenols is 1. The van der Waals surface area contributed by atoms with Crippen molar-refractivity contribution in [2.75, 3.05) is 59.0 Å². The fourth-order valence-electron chi connectivity index (χ4n) is 11.6. The standard InChI is InChI=1S/C76H112N24O18/c77-30-12-10-22-50(93-67(111)51(23-11-13-31-78)94-68(112)52(24-14-32-86-75(82)83)96-73(117)58(42-101)99-71(115)56(37-47-26-28-48(103)29-27-47)92-63(107)41-89-65(109)49(79)38-60(80)104)66(110)90-39-61(105)88-40-62(106)91-55(35-45-18-6-2-7-19-45)70(114)100-59(43-102)74(118)98-57(36-46-20-8-3-9-21-46)72(116)95-53(25-15-33-87-76(84)85)69(113)97-54(64(81)108)34-44-16-4-1-5-17-44/h1-9,16-21,26-29,49-59,101-103H,10-15,22-25,30-43,77-79H2,(H2,80,104)(H2,81,108)(H,88,105)(H,89,109)(H,90,110)(H,91,106)(H,92,107)(H,93,111)(H,94,112)(H,95,116)(H,96,117)(H,97,113)(H,98,118)(H,99,115)(H,100,114)(H4,82,83,86)(H4,84,85,87)/t49-,50-,51-,52-,53-,54-,55-,56-,57-,58-,59-/m0/s1. The van der Waals surface area contributed by atoms with E-state index in [0.717, 1.165) is 0 Å². The molecule has 4 rings (SSSR count). The molecule has 15 amide bonds. The third-order valence-electron chi connectivity index (χ3n) is 17.9. The molecule has 42 nitrogen and oxygen atoms in total. The van der Waals surface area contributed by atoms with Gasteiger partial charge in [-0.05, 0) is 112 Å². The maximum absolute atomic E-state index is 14.4. The van der Waals surface area contributed by atoms with Crippen LogP contribution in [0.2, 0.25) is 0 Å². The predicted octanol–water partition coefficient (Wildman–Crippen LogP) is -8.68. The second kappa shape index (κ2) is 53.3. The van der Waals surface area contributed by atoms with Crippen LogP contribution in [0.3, 0.4) is 0 Å². The van der Waals surface area contributed by atoms with E-state index in [1.54, 1.807) is 91.0 Å². The normalized spacial score (nSPS) is 13.6. The maximum Gasteiger partial charge on any atom is 0.245 e. The Kier molecular flexibility index (Phi) is 44.0. The van der Waals surface area contributed by atoms with Crippen molar-refractivity contribution >= 4 is 101 Å². The molecular formula is C76H112N24O18. The van der Waals surface area contributed by atoms with E-state index in [0.29, 0.717) is 35.1 Å². The number of aliphatic hydroxyl groups is 2. The molecule has 0 saturated heterocycles. The van der Waals surface area contributed by atoms with Crippen molar-refractivity contribution in [3.63, 3.8) is 0 Å². The van der Waals surface area contributed by atoms with Crippen LogP contribution in [0.5, 0.6) is 5.75 Å². The number of nitrogens with one attached hydrogen (secondary N) is 17. The Morgan fingerprint density at radius 3 is 0.983 bits per heavy atom. The van der Waals surface area contributed by atoms with Gasteiger partial charge in [0.1, 0.15) is 66.2 Å². The molecule has 118 heavy (non-hydrogen) atoms. The first-order valence-corrected chi connectivity index (χ1v) is 38.2. The van der Waals surface area contributed by atoms with Crippen LogP contribution in [0.15, 0.2) is 115 Å². The summed E-state index contributed by atoms with van der Waals surface area (Å²) in [5.41, 5.74) is 41.1. The van der Waals surface area contributed by atoms with Crippen molar-refractivity contribution in [3.8, 4) is 5.75 Å². The van der Waals surface area contributed by atoms with Gasteiger partial charge in [-0.15, -0.1) is 0 Å². The van der Waals surface area contributed by atoms with Crippen LogP contribution >= 0.6 is 0 Å². The van der Waals surface area contributed by atoms with E-state index in [1.807, 2.05) is 0 Å². The largest absolute Gasteiger partial charge is 0.508 e. The third-order valence-corrected chi connectivity index (χ3v) is 17.9. The smallest absolute Gasteiger partial charge is 0.245 e. The van der Waals surface area contributed by atoms with E-state index >= 15 is 0 Å². The molecule has 644 valence electrons. The van der Waals surface area contributed by atoms with E-state index in [-0.39, 0.29) is 115 Å². The van der Waals surface area contributed by atoms with Gasteiger partial charge < -0.3 is 135 Å². The highest BCUT2D eigenvalue weighted by atomic mass is 16.3. The lowest BCUT2D eigenvalue weighted by Crippen LogP contribution is -2.60. The maximum atomic E-state index is 14.4. The molecule has 0 aliphatic rings. The number of unbranched alkanes of at least 4 members (excludes halogenated alkanes) is 2. The number of amides is 15. The first kappa shape index (κ1) is 97.4. The Morgan fingerprint density at radius 2 is 0.619 bits per heavy atom. The van der Waals surface area contributed by atoms with Crippen LogP contribution in [0.25, 0.3) is 0 Å². The molecular weight excluding hydrogens is 1540 g/mol. The number of nitrogens with two attached hydrogens (primary N) is 7. The molecule has 0 aliphatic heterocycles. The van der Waals surface area contributed by atoms with Crippen LogP contribution in [0.4, 0.5) is 0 Å². The number of carbonyl (C=O) groups excluding carboxylic acids is 15. The SMILES string of the molecule is N=C(N)NCCC[C@H](NC(=O)[C@H](Cc1ccccc1)NC(=O)[C@H](CO)NC(=O)[C@H](Cc1ccccc1)NC(=O)CNC(=O)CNC(=O)[C@H](CCCCN)NC(=O)[C@H](CCCCN)NC(=O)[C@H](CCCNC(=N)N)NC(=O)[C@H](CO)NC(=O)[C@H](Cc1ccc(O)cc1)NC(=O)CNC(=O)[C@@H](N)CC(N)=O)C(=O)N[C@@H](Cc1ccccc1)C(N)=O. The molecule has 0 bridgehead atoms. The summed E-state index contributed by atoms with van der Waals surface area (Å²) in [6.07, 6.45) is -0.265. The molecule has 0 spiro atoms. The van der Waals surface area contributed by atoms with Crippen LogP contribution in [-0.4, -0.2) is 241 Å². The predicted molar refractivity (Wildman–Crippen MR) is 430 cm³/mol. The van der Waals surface area contributed by atoms with Gasteiger partial charge in [0, 0.05) is 38.8 Å². The average Bonchev–Trinajstić information content (AvgIpc) is 0.853. The lowest BCUT2D eigenvalue weighted by molar-refractivity contribution is -0.136. The second-order valence-corrected chi connectivity index (χ2v) is 27.5. The number of aliphatic hydroxyl groups excluding tert-OH is 2. The summed E-state index contributed by atoms with van der Waals surface area (Å²) in [7, 11) is 0. The number of guanidine groups is 2. The number of carbonyl (C=O) groups is 15. The number of primary amides is 2. The fourth-order valence-corrected chi connectivity index (χ4v) is 11.6. The van der Waals surface area contributed by atoms with Crippen LogP contribution < -0.4 is 120 Å². The minimum atomic E-state index is -1.82. The molecule has 4 aromatic carbocycles. The van der Waals surface area contributed by atoms with Crippen molar-refractivity contribution in [2.45, 2.75) is 163 Å². The lowest BCUT2D eigenvalue weighted by Gasteiger charge is -2.27. The second-order valence-electron chi connectivity index (χ2n) is 27.5. The molecule has 42 heteroatoms. The van der Waals surface area contributed by atoms with E-state index in [9.17, 15) is 87.2 Å². The zero-order chi connectivity index (χ0) is 87.1. The minimum Gasteiger partial charge on any atom is -0.508 e. The lowest BCUT2D eigenvalue weighted by atomic mass is 10.0. The first-order chi connectivity index (χ1) is 56.3. The van der Waals surface area contributed by atoms with E-state index in [1.165, 1.54) is 24.3 Å². The van der Waals surface area contributed by atoms with Crippen molar-refractivity contribution in [2.24, 2.45) is 40.1 Å². The summed E-state index contributed by atoms with van der Waals surface area (Å²) < 4.78 is 0. The Hall–Kier alpha value is -12.9. The average molecular weight is 1650 g/mol. The van der Waals surface area contributed by atoms with Gasteiger partial charge in [0.2, 0.25) is 88.6 Å². The molecule has 0 fully saturated rings. The first-order valence-electron chi connectivity index (χ1n) is 38.2. The molecule has 34 N–H and O–H groups in total. The third kappa shape index (κ3) is 38.0. The Labute approximate surface area is 680 Å². The van der Waals surface area contributed by atoms with Crippen molar-refractivity contribution < 1.29 is 87.2 Å². The zero-order valence-electron chi connectivity index (χ0n) is 65.3.